The molecule has 7 nitrogen and oxygen atoms in total. The van der Waals surface area contributed by atoms with E-state index in [0.29, 0.717) is 29.5 Å². The largest absolute Gasteiger partial charge is 0.476 e. The van der Waals surface area contributed by atoms with Gasteiger partial charge in [-0.1, -0.05) is 11.6 Å². The lowest BCUT2D eigenvalue weighted by atomic mass is 9.99. The Bertz CT molecular complexity index is 715. The third-order valence-corrected chi connectivity index (χ3v) is 4.47. The molecule has 0 aliphatic carbocycles. The van der Waals surface area contributed by atoms with Crippen molar-refractivity contribution >= 4 is 23.4 Å². The van der Waals surface area contributed by atoms with Crippen LogP contribution in [0.25, 0.3) is 5.69 Å². The SMILES string of the molecule is O=C(O)c1nn(-c2ccc(Cl)cc2)nc1N1CCCCC1CCO. The molecule has 2 N–H and O–H groups in total. The number of piperidine rings is 1. The summed E-state index contributed by atoms with van der Waals surface area (Å²) in [5.41, 5.74) is 0.568. The summed E-state index contributed by atoms with van der Waals surface area (Å²) in [5.74, 6) is -0.755. The van der Waals surface area contributed by atoms with E-state index >= 15 is 0 Å². The minimum Gasteiger partial charge on any atom is -0.476 e. The van der Waals surface area contributed by atoms with E-state index in [0.717, 1.165) is 19.3 Å². The summed E-state index contributed by atoms with van der Waals surface area (Å²) in [6, 6.07) is 6.96. The van der Waals surface area contributed by atoms with Crippen molar-refractivity contribution in [3.63, 3.8) is 0 Å². The van der Waals surface area contributed by atoms with E-state index in [4.69, 9.17) is 11.6 Å². The van der Waals surface area contributed by atoms with Crippen LogP contribution in [0.3, 0.4) is 0 Å². The molecule has 1 unspecified atom stereocenters. The summed E-state index contributed by atoms with van der Waals surface area (Å²) < 4.78 is 0. The number of anilines is 1. The van der Waals surface area contributed by atoms with E-state index in [9.17, 15) is 15.0 Å². The van der Waals surface area contributed by atoms with Crippen molar-refractivity contribution in [3.8, 4) is 5.69 Å². The molecular weight excluding hydrogens is 332 g/mol. The summed E-state index contributed by atoms with van der Waals surface area (Å²) in [7, 11) is 0. The number of carbonyl (C=O) groups is 1. The first-order valence-corrected chi connectivity index (χ1v) is 8.32. The van der Waals surface area contributed by atoms with Gasteiger partial charge in [0.2, 0.25) is 5.69 Å². The highest BCUT2D eigenvalue weighted by Crippen LogP contribution is 2.28. The summed E-state index contributed by atoms with van der Waals surface area (Å²) >= 11 is 5.89. The molecule has 0 spiro atoms. The number of aliphatic hydroxyl groups excluding tert-OH is 1. The summed E-state index contributed by atoms with van der Waals surface area (Å²) in [4.78, 5) is 14.9. The van der Waals surface area contributed by atoms with Crippen molar-refractivity contribution in [3.05, 3.63) is 35.0 Å². The highest BCUT2D eigenvalue weighted by Gasteiger charge is 2.30. The predicted octanol–water partition coefficient (Wildman–Crippen LogP) is 2.36. The molecule has 1 aliphatic rings. The quantitative estimate of drug-likeness (QED) is 0.860. The smallest absolute Gasteiger partial charge is 0.360 e. The second-order valence-corrected chi connectivity index (χ2v) is 6.23. The van der Waals surface area contributed by atoms with Crippen LogP contribution in [-0.2, 0) is 0 Å². The number of aromatic nitrogens is 3. The number of aromatic carboxylic acids is 1. The van der Waals surface area contributed by atoms with Gasteiger partial charge in [0.15, 0.2) is 5.82 Å². The Morgan fingerprint density at radius 3 is 2.67 bits per heavy atom. The maximum atomic E-state index is 11.6. The highest BCUT2D eigenvalue weighted by molar-refractivity contribution is 6.30. The van der Waals surface area contributed by atoms with Crippen molar-refractivity contribution in [2.24, 2.45) is 0 Å². The van der Waals surface area contributed by atoms with Crippen molar-refractivity contribution in [2.45, 2.75) is 31.7 Å². The number of hydrogen-bond acceptors (Lipinski definition) is 5. The second kappa shape index (κ2) is 7.19. The Kier molecular flexibility index (Phi) is 5.01. The third kappa shape index (κ3) is 3.37. The molecule has 0 amide bonds. The maximum absolute atomic E-state index is 11.6. The first-order chi connectivity index (χ1) is 11.6. The van der Waals surface area contributed by atoms with Crippen LogP contribution in [-0.4, -0.2) is 50.4 Å². The Labute approximate surface area is 144 Å². The number of hydrogen-bond donors (Lipinski definition) is 2. The maximum Gasteiger partial charge on any atom is 0.360 e. The van der Waals surface area contributed by atoms with Gasteiger partial charge in [-0.05, 0) is 49.9 Å². The van der Waals surface area contributed by atoms with Gasteiger partial charge in [-0.15, -0.1) is 15.0 Å². The van der Waals surface area contributed by atoms with Crippen molar-refractivity contribution in [1.29, 1.82) is 0 Å². The zero-order chi connectivity index (χ0) is 17.1. The van der Waals surface area contributed by atoms with Crippen LogP contribution in [0.2, 0.25) is 5.02 Å². The molecule has 2 heterocycles. The van der Waals surface area contributed by atoms with E-state index in [-0.39, 0.29) is 18.3 Å². The van der Waals surface area contributed by atoms with Gasteiger partial charge in [0.25, 0.3) is 0 Å². The minimum absolute atomic E-state index is 0.0644. The van der Waals surface area contributed by atoms with E-state index in [1.54, 1.807) is 24.3 Å². The third-order valence-electron chi connectivity index (χ3n) is 4.22. The zero-order valence-electron chi connectivity index (χ0n) is 13.1. The summed E-state index contributed by atoms with van der Waals surface area (Å²) in [6.07, 6.45) is 3.53. The molecule has 0 bridgehead atoms. The van der Waals surface area contributed by atoms with Gasteiger partial charge in [-0.3, -0.25) is 0 Å². The van der Waals surface area contributed by atoms with Crippen LogP contribution in [0.15, 0.2) is 24.3 Å². The molecule has 1 atom stereocenters. The number of halogens is 1. The Hall–Kier alpha value is -2.12. The van der Waals surface area contributed by atoms with E-state index in [2.05, 4.69) is 10.2 Å². The number of carboxylic acid groups (broad SMARTS) is 1. The van der Waals surface area contributed by atoms with Gasteiger partial charge in [0.05, 0.1) is 5.69 Å². The number of benzene rings is 1. The Morgan fingerprint density at radius 2 is 2.00 bits per heavy atom. The van der Waals surface area contributed by atoms with Crippen LogP contribution in [0.4, 0.5) is 5.82 Å². The Morgan fingerprint density at radius 1 is 1.25 bits per heavy atom. The summed E-state index contributed by atoms with van der Waals surface area (Å²) in [6.45, 7) is 0.777. The number of carboxylic acids is 1. The highest BCUT2D eigenvalue weighted by atomic mass is 35.5. The molecule has 1 aromatic carbocycles. The van der Waals surface area contributed by atoms with Crippen LogP contribution in [0.1, 0.15) is 36.2 Å². The van der Waals surface area contributed by atoms with Gasteiger partial charge >= 0.3 is 5.97 Å². The standard InChI is InChI=1S/C16H19ClN4O3/c17-11-4-6-13(7-5-11)21-18-14(16(23)24)15(19-21)20-9-2-1-3-12(20)8-10-22/h4-7,12,22H,1-3,8-10H2,(H,23,24). The van der Waals surface area contributed by atoms with E-state index in [1.807, 2.05) is 4.90 Å². The molecule has 2 aromatic rings. The van der Waals surface area contributed by atoms with E-state index < -0.39 is 5.97 Å². The van der Waals surface area contributed by atoms with Crippen LogP contribution < -0.4 is 4.90 Å². The summed E-state index contributed by atoms with van der Waals surface area (Å²) in [5, 5.41) is 27.9. The molecule has 1 saturated heterocycles. The van der Waals surface area contributed by atoms with Crippen LogP contribution in [0.5, 0.6) is 0 Å². The first kappa shape index (κ1) is 16.7. The van der Waals surface area contributed by atoms with Gasteiger partial charge < -0.3 is 15.1 Å². The van der Waals surface area contributed by atoms with Gasteiger partial charge in [-0.25, -0.2) is 4.79 Å². The van der Waals surface area contributed by atoms with Gasteiger partial charge in [-0.2, -0.15) is 0 Å². The second-order valence-electron chi connectivity index (χ2n) is 5.80. The normalized spacial score (nSPS) is 17.9. The van der Waals surface area contributed by atoms with Crippen LogP contribution >= 0.6 is 11.6 Å². The average Bonchev–Trinajstić information content (AvgIpc) is 3.02. The van der Waals surface area contributed by atoms with Crippen molar-refractivity contribution in [2.75, 3.05) is 18.1 Å². The number of aliphatic hydroxyl groups is 1. The molecule has 3 rings (SSSR count). The molecule has 0 saturated carbocycles. The molecular formula is C16H19ClN4O3. The molecule has 1 aromatic heterocycles. The fourth-order valence-corrected chi connectivity index (χ4v) is 3.18. The topological polar surface area (TPSA) is 91.5 Å². The number of nitrogens with zero attached hydrogens (tertiary/aromatic N) is 4. The lowest BCUT2D eigenvalue weighted by Gasteiger charge is -2.35. The molecule has 128 valence electrons. The Balaban J connectivity index is 1.99. The molecule has 1 fully saturated rings. The van der Waals surface area contributed by atoms with Crippen LogP contribution in [0, 0.1) is 0 Å². The van der Waals surface area contributed by atoms with Crippen molar-refractivity contribution < 1.29 is 15.0 Å². The fraction of sp³-hybridized carbons (Fsp3) is 0.438. The monoisotopic (exact) mass is 350 g/mol. The first-order valence-electron chi connectivity index (χ1n) is 7.94. The fourth-order valence-electron chi connectivity index (χ4n) is 3.05. The minimum atomic E-state index is -1.11. The molecule has 0 radical (unpaired) electrons. The van der Waals surface area contributed by atoms with Gasteiger partial charge in [0, 0.05) is 24.2 Å². The zero-order valence-corrected chi connectivity index (χ0v) is 13.9. The molecule has 24 heavy (non-hydrogen) atoms. The lowest BCUT2D eigenvalue weighted by molar-refractivity contribution is 0.0690. The van der Waals surface area contributed by atoms with E-state index in [1.165, 1.54) is 4.80 Å². The van der Waals surface area contributed by atoms with Gasteiger partial charge in [0.1, 0.15) is 0 Å². The molecule has 8 heteroatoms. The van der Waals surface area contributed by atoms with Crippen molar-refractivity contribution in [1.82, 2.24) is 15.0 Å². The lowest BCUT2D eigenvalue weighted by Crippen LogP contribution is -2.41. The molecule has 1 aliphatic heterocycles. The predicted molar refractivity (Wildman–Crippen MR) is 90.0 cm³/mol. The number of rotatable bonds is 5. The average molecular weight is 351 g/mol.